The van der Waals surface area contributed by atoms with Crippen LogP contribution in [-0.2, 0) is 27.2 Å². The van der Waals surface area contributed by atoms with Crippen molar-refractivity contribution in [1.82, 2.24) is 10.2 Å². The molecule has 0 fully saturated rings. The molecule has 2 rings (SSSR count). The summed E-state index contributed by atoms with van der Waals surface area (Å²) in [5, 5.41) is 10.1. The Bertz CT molecular complexity index is 944. The quantitative estimate of drug-likeness (QED) is 0.297. The molecule has 0 aromatic heterocycles. The SMILES string of the molecule is NCCCC(C(=O)NCCCc1ccccc1)N(CCc1ccccc1)C(=O)CN.O=C(O)C(F)(F)F. The summed E-state index contributed by atoms with van der Waals surface area (Å²) in [5.74, 6) is -3.11. The Hall–Kier alpha value is -3.44. The van der Waals surface area contributed by atoms with E-state index in [1.807, 2.05) is 48.5 Å². The van der Waals surface area contributed by atoms with Crippen LogP contribution in [0.3, 0.4) is 0 Å². The van der Waals surface area contributed by atoms with Gasteiger partial charge in [-0.15, -0.1) is 0 Å². The number of amides is 2. The number of aryl methyl sites for hydroxylation is 1. The lowest BCUT2D eigenvalue weighted by Gasteiger charge is -2.31. The van der Waals surface area contributed by atoms with Crippen LogP contribution in [0.15, 0.2) is 60.7 Å². The average Bonchev–Trinajstić information content (AvgIpc) is 2.89. The van der Waals surface area contributed by atoms with Crippen molar-refractivity contribution in [2.75, 3.05) is 26.2 Å². The van der Waals surface area contributed by atoms with Crippen LogP contribution in [0.5, 0.6) is 0 Å². The number of rotatable bonds is 13. The molecule has 0 aliphatic heterocycles. The Balaban J connectivity index is 0.000000856. The summed E-state index contributed by atoms with van der Waals surface area (Å²) in [4.78, 5) is 36.0. The molecule has 6 N–H and O–H groups in total. The van der Waals surface area contributed by atoms with Gasteiger partial charge in [0, 0.05) is 13.1 Å². The summed E-state index contributed by atoms with van der Waals surface area (Å²) in [6.45, 7) is 1.37. The van der Waals surface area contributed by atoms with Crippen molar-refractivity contribution in [3.8, 4) is 0 Å². The zero-order valence-corrected chi connectivity index (χ0v) is 20.6. The predicted molar refractivity (Wildman–Crippen MR) is 134 cm³/mol. The van der Waals surface area contributed by atoms with E-state index >= 15 is 0 Å². The van der Waals surface area contributed by atoms with Gasteiger partial charge in [0.05, 0.1) is 6.54 Å². The highest BCUT2D eigenvalue weighted by molar-refractivity contribution is 5.88. The summed E-state index contributed by atoms with van der Waals surface area (Å²) in [7, 11) is 0. The molecule has 37 heavy (non-hydrogen) atoms. The molecule has 2 aromatic carbocycles. The summed E-state index contributed by atoms with van der Waals surface area (Å²) in [6.07, 6.45) is -1.47. The number of benzene rings is 2. The molecule has 8 nitrogen and oxygen atoms in total. The number of hydrogen-bond donors (Lipinski definition) is 4. The van der Waals surface area contributed by atoms with Crippen molar-refractivity contribution in [3.63, 3.8) is 0 Å². The van der Waals surface area contributed by atoms with Crippen LogP contribution in [0.25, 0.3) is 0 Å². The summed E-state index contributed by atoms with van der Waals surface area (Å²) in [6, 6.07) is 19.6. The lowest BCUT2D eigenvalue weighted by molar-refractivity contribution is -0.192. The molecule has 0 heterocycles. The van der Waals surface area contributed by atoms with Gasteiger partial charge in [0.2, 0.25) is 11.8 Å². The fourth-order valence-corrected chi connectivity index (χ4v) is 3.47. The Morgan fingerprint density at radius 1 is 0.892 bits per heavy atom. The lowest BCUT2D eigenvalue weighted by Crippen LogP contribution is -2.52. The molecule has 0 saturated carbocycles. The van der Waals surface area contributed by atoms with Crippen molar-refractivity contribution >= 4 is 17.8 Å². The summed E-state index contributed by atoms with van der Waals surface area (Å²) < 4.78 is 31.7. The number of alkyl halides is 3. The first-order valence-corrected chi connectivity index (χ1v) is 11.9. The molecule has 204 valence electrons. The van der Waals surface area contributed by atoms with Crippen molar-refractivity contribution in [2.45, 2.75) is 44.3 Å². The van der Waals surface area contributed by atoms with Crippen LogP contribution >= 0.6 is 0 Å². The van der Waals surface area contributed by atoms with Gasteiger partial charge in [-0.1, -0.05) is 60.7 Å². The minimum atomic E-state index is -5.08. The fraction of sp³-hybridized carbons (Fsp3) is 0.423. The van der Waals surface area contributed by atoms with Crippen LogP contribution in [0.2, 0.25) is 0 Å². The van der Waals surface area contributed by atoms with E-state index in [0.29, 0.717) is 38.9 Å². The molecule has 0 aliphatic carbocycles. The molecular weight excluding hydrogens is 489 g/mol. The third-order valence-corrected chi connectivity index (χ3v) is 5.37. The highest BCUT2D eigenvalue weighted by Gasteiger charge is 2.38. The number of nitrogens with one attached hydrogen (secondary N) is 1. The number of carbonyl (C=O) groups is 3. The maximum Gasteiger partial charge on any atom is 0.490 e. The van der Waals surface area contributed by atoms with Gasteiger partial charge in [0.25, 0.3) is 0 Å². The van der Waals surface area contributed by atoms with Crippen molar-refractivity contribution in [3.05, 3.63) is 71.8 Å². The van der Waals surface area contributed by atoms with Gasteiger partial charge in [-0.05, 0) is 49.8 Å². The lowest BCUT2D eigenvalue weighted by atomic mass is 10.1. The van der Waals surface area contributed by atoms with Crippen LogP contribution in [-0.4, -0.2) is 66.2 Å². The first-order valence-electron chi connectivity index (χ1n) is 11.9. The Morgan fingerprint density at radius 3 is 1.86 bits per heavy atom. The van der Waals surface area contributed by atoms with Crippen LogP contribution in [0.4, 0.5) is 13.2 Å². The van der Waals surface area contributed by atoms with E-state index in [9.17, 15) is 22.8 Å². The summed E-state index contributed by atoms with van der Waals surface area (Å²) in [5.41, 5.74) is 13.7. The third-order valence-electron chi connectivity index (χ3n) is 5.37. The van der Waals surface area contributed by atoms with Crippen molar-refractivity contribution in [2.24, 2.45) is 11.5 Å². The maximum absolute atomic E-state index is 12.9. The molecule has 0 radical (unpaired) electrons. The molecule has 2 aromatic rings. The largest absolute Gasteiger partial charge is 0.490 e. The molecule has 0 spiro atoms. The molecule has 0 aliphatic rings. The van der Waals surface area contributed by atoms with Crippen LogP contribution in [0, 0.1) is 0 Å². The minimum absolute atomic E-state index is 0.116. The predicted octanol–water partition coefficient (Wildman–Crippen LogP) is 2.51. The van der Waals surface area contributed by atoms with Crippen LogP contribution < -0.4 is 16.8 Å². The maximum atomic E-state index is 12.9. The number of carboxylic acids is 1. The Morgan fingerprint density at radius 2 is 1.41 bits per heavy atom. The van der Waals surface area contributed by atoms with E-state index < -0.39 is 18.2 Å². The highest BCUT2D eigenvalue weighted by Crippen LogP contribution is 2.13. The van der Waals surface area contributed by atoms with E-state index in [1.165, 1.54) is 5.56 Å². The van der Waals surface area contributed by atoms with Gasteiger partial charge in [-0.25, -0.2) is 4.79 Å². The molecule has 11 heteroatoms. The van der Waals surface area contributed by atoms with Gasteiger partial charge in [0.1, 0.15) is 6.04 Å². The van der Waals surface area contributed by atoms with Crippen LogP contribution in [0.1, 0.15) is 30.4 Å². The van der Waals surface area contributed by atoms with E-state index in [4.69, 9.17) is 21.4 Å². The number of nitrogens with two attached hydrogens (primary N) is 2. The van der Waals surface area contributed by atoms with Gasteiger partial charge in [-0.2, -0.15) is 13.2 Å². The molecular formula is C26H35F3N4O4. The smallest absolute Gasteiger partial charge is 0.475 e. The third kappa shape index (κ3) is 12.9. The molecule has 0 saturated heterocycles. The Labute approximate surface area is 214 Å². The van der Waals surface area contributed by atoms with Crippen molar-refractivity contribution in [1.29, 1.82) is 0 Å². The molecule has 0 bridgehead atoms. The number of carboxylic acid groups (broad SMARTS) is 1. The topological polar surface area (TPSA) is 139 Å². The van der Waals surface area contributed by atoms with E-state index in [2.05, 4.69) is 17.4 Å². The number of carbonyl (C=O) groups excluding carboxylic acids is 2. The Kier molecular flexibility index (Phi) is 14.6. The molecule has 1 atom stereocenters. The first-order chi connectivity index (χ1) is 17.6. The average molecular weight is 525 g/mol. The minimum Gasteiger partial charge on any atom is -0.475 e. The van der Waals surface area contributed by atoms with Gasteiger partial charge in [0.15, 0.2) is 0 Å². The fourth-order valence-electron chi connectivity index (χ4n) is 3.47. The molecule has 2 amide bonds. The van der Waals surface area contributed by atoms with Crippen molar-refractivity contribution < 1.29 is 32.7 Å². The number of aliphatic carboxylic acids is 1. The summed E-state index contributed by atoms with van der Waals surface area (Å²) >= 11 is 0. The first kappa shape index (κ1) is 31.6. The highest BCUT2D eigenvalue weighted by atomic mass is 19.4. The second kappa shape index (κ2) is 17.1. The number of hydrogen-bond acceptors (Lipinski definition) is 5. The van der Waals surface area contributed by atoms with Gasteiger partial charge < -0.3 is 26.8 Å². The number of nitrogens with zero attached hydrogens (tertiary/aromatic N) is 1. The molecule has 1 unspecified atom stereocenters. The van der Waals surface area contributed by atoms with Gasteiger partial charge >= 0.3 is 12.1 Å². The zero-order valence-electron chi connectivity index (χ0n) is 20.6. The zero-order chi connectivity index (χ0) is 27.7. The normalized spacial score (nSPS) is 11.6. The number of halogens is 3. The van der Waals surface area contributed by atoms with E-state index in [-0.39, 0.29) is 18.4 Å². The monoisotopic (exact) mass is 524 g/mol. The van der Waals surface area contributed by atoms with E-state index in [1.54, 1.807) is 4.90 Å². The van der Waals surface area contributed by atoms with E-state index in [0.717, 1.165) is 18.4 Å². The second-order valence-electron chi connectivity index (χ2n) is 8.16. The van der Waals surface area contributed by atoms with Gasteiger partial charge in [-0.3, -0.25) is 9.59 Å². The second-order valence-corrected chi connectivity index (χ2v) is 8.16. The standard InChI is InChI=1S/C24H34N4O2.C2HF3O2/c25-16-7-14-22(24(30)27-17-8-13-20-9-3-1-4-10-20)28(23(29)19-26)18-15-21-11-5-2-6-12-21;3-2(4,5)1(6)7/h1-6,9-12,22H,7-8,13-19,25-26H2,(H,27,30);(H,6,7).